The molecule has 0 saturated carbocycles. The number of allylic oxidation sites excluding steroid dienone is 1. The molecule has 0 fully saturated rings. The van der Waals surface area contributed by atoms with Gasteiger partial charge in [-0.05, 0) is 32.0 Å². The number of aryl methyl sites for hydroxylation is 1. The first-order valence-corrected chi connectivity index (χ1v) is 7.30. The molecule has 1 aromatic heterocycles. The molecule has 0 bridgehead atoms. The van der Waals surface area contributed by atoms with E-state index in [0.717, 1.165) is 12.1 Å². The maximum absolute atomic E-state index is 12.9. The van der Waals surface area contributed by atoms with Crippen LogP contribution in [0.5, 0.6) is 11.6 Å². The standard InChI is InChI=1S/C17H15F3N2O4/c1-9(25-3)14(16(23)24)13-8-21-10(2)22-15(13)26-12-6-4-5-11(7-12)17(18,19)20/h4-8H,1-3H3,(H,23,24). The van der Waals surface area contributed by atoms with E-state index in [1.54, 1.807) is 0 Å². The number of ether oxygens (including phenoxy) is 2. The molecule has 0 aliphatic heterocycles. The van der Waals surface area contributed by atoms with Gasteiger partial charge in [-0.1, -0.05) is 6.07 Å². The van der Waals surface area contributed by atoms with Crippen LogP contribution in [0.4, 0.5) is 13.2 Å². The van der Waals surface area contributed by atoms with Gasteiger partial charge in [0.2, 0.25) is 5.88 Å². The summed E-state index contributed by atoms with van der Waals surface area (Å²) in [7, 11) is 1.29. The second-order valence-electron chi connectivity index (χ2n) is 5.20. The number of carbonyl (C=O) groups is 1. The van der Waals surface area contributed by atoms with Crippen LogP contribution >= 0.6 is 0 Å². The lowest BCUT2D eigenvalue weighted by Crippen LogP contribution is -2.08. The highest BCUT2D eigenvalue weighted by molar-refractivity contribution is 6.16. The van der Waals surface area contributed by atoms with E-state index in [2.05, 4.69) is 9.97 Å². The number of halogens is 3. The minimum absolute atomic E-state index is 0.0140. The van der Waals surface area contributed by atoms with Crippen molar-refractivity contribution < 1.29 is 32.5 Å². The van der Waals surface area contributed by atoms with Gasteiger partial charge in [0.15, 0.2) is 0 Å². The Labute approximate surface area is 146 Å². The van der Waals surface area contributed by atoms with Gasteiger partial charge < -0.3 is 14.6 Å². The van der Waals surface area contributed by atoms with Gasteiger partial charge in [-0.15, -0.1) is 0 Å². The van der Waals surface area contributed by atoms with Crippen molar-refractivity contribution in [3.05, 3.63) is 53.2 Å². The van der Waals surface area contributed by atoms with Crippen molar-refractivity contribution in [3.8, 4) is 11.6 Å². The lowest BCUT2D eigenvalue weighted by atomic mass is 10.1. The predicted molar refractivity (Wildman–Crippen MR) is 85.5 cm³/mol. The van der Waals surface area contributed by atoms with Crippen molar-refractivity contribution >= 4 is 11.5 Å². The van der Waals surface area contributed by atoms with Crippen LogP contribution in [0.25, 0.3) is 5.57 Å². The average Bonchev–Trinajstić information content (AvgIpc) is 2.56. The van der Waals surface area contributed by atoms with Crippen molar-refractivity contribution in [2.45, 2.75) is 20.0 Å². The van der Waals surface area contributed by atoms with Gasteiger partial charge in [0, 0.05) is 6.20 Å². The second kappa shape index (κ2) is 7.42. The molecule has 26 heavy (non-hydrogen) atoms. The molecule has 0 spiro atoms. The third-order valence-electron chi connectivity index (χ3n) is 3.39. The van der Waals surface area contributed by atoms with Crippen molar-refractivity contribution in [1.82, 2.24) is 9.97 Å². The Balaban J connectivity index is 2.54. The normalized spacial score (nSPS) is 12.4. The Kier molecular flexibility index (Phi) is 5.49. The lowest BCUT2D eigenvalue weighted by Gasteiger charge is -2.14. The first-order valence-electron chi connectivity index (χ1n) is 7.30. The number of carboxylic acids is 1. The molecule has 2 rings (SSSR count). The zero-order chi connectivity index (χ0) is 19.5. The van der Waals surface area contributed by atoms with Crippen molar-refractivity contribution in [3.63, 3.8) is 0 Å². The lowest BCUT2D eigenvalue weighted by molar-refractivity contribution is -0.137. The summed E-state index contributed by atoms with van der Waals surface area (Å²) < 4.78 is 49.0. The van der Waals surface area contributed by atoms with E-state index in [4.69, 9.17) is 9.47 Å². The molecule has 0 amide bonds. The van der Waals surface area contributed by atoms with Gasteiger partial charge in [0.25, 0.3) is 0 Å². The molecule has 138 valence electrons. The van der Waals surface area contributed by atoms with Gasteiger partial charge in [-0.25, -0.2) is 9.78 Å². The van der Waals surface area contributed by atoms with Crippen molar-refractivity contribution in [2.75, 3.05) is 7.11 Å². The van der Waals surface area contributed by atoms with Crippen molar-refractivity contribution in [1.29, 1.82) is 0 Å². The molecule has 0 aliphatic carbocycles. The summed E-state index contributed by atoms with van der Waals surface area (Å²) in [4.78, 5) is 19.5. The molecule has 0 radical (unpaired) electrons. The number of carboxylic acid groups (broad SMARTS) is 1. The average molecular weight is 368 g/mol. The topological polar surface area (TPSA) is 81.5 Å². The first kappa shape index (κ1) is 19.2. The number of nitrogens with zero attached hydrogens (tertiary/aromatic N) is 2. The summed E-state index contributed by atoms with van der Waals surface area (Å²) in [5.74, 6) is -1.32. The monoisotopic (exact) mass is 368 g/mol. The van der Waals surface area contributed by atoms with Gasteiger partial charge in [0.1, 0.15) is 22.9 Å². The number of methoxy groups -OCH3 is 1. The highest BCUT2D eigenvalue weighted by Crippen LogP contribution is 2.34. The quantitative estimate of drug-likeness (QED) is 0.633. The molecule has 0 atom stereocenters. The van der Waals surface area contributed by atoms with E-state index in [1.165, 1.54) is 39.3 Å². The Morgan fingerprint density at radius 2 is 1.96 bits per heavy atom. The predicted octanol–water partition coefficient (Wildman–Crippen LogP) is 4.06. The van der Waals surface area contributed by atoms with E-state index >= 15 is 0 Å². The SMILES string of the molecule is COC(C)=C(C(=O)O)c1cnc(C)nc1Oc1cccc(C(F)(F)F)c1. The Hall–Kier alpha value is -3.10. The van der Waals surface area contributed by atoms with Gasteiger partial charge in [-0.3, -0.25) is 0 Å². The second-order valence-corrected chi connectivity index (χ2v) is 5.20. The fourth-order valence-corrected chi connectivity index (χ4v) is 2.10. The summed E-state index contributed by atoms with van der Waals surface area (Å²) in [6.07, 6.45) is -3.32. The van der Waals surface area contributed by atoms with Crippen LogP contribution in [0.15, 0.2) is 36.2 Å². The zero-order valence-electron chi connectivity index (χ0n) is 14.1. The summed E-state index contributed by atoms with van der Waals surface area (Å²) in [6, 6.07) is 4.19. The minimum Gasteiger partial charge on any atom is -0.500 e. The number of rotatable bonds is 5. The number of alkyl halides is 3. The molecule has 0 unspecified atom stereocenters. The third kappa shape index (κ3) is 4.29. The van der Waals surface area contributed by atoms with Crippen LogP contribution < -0.4 is 4.74 Å². The summed E-state index contributed by atoms with van der Waals surface area (Å²) in [6.45, 7) is 2.97. The van der Waals surface area contributed by atoms with Gasteiger partial charge in [-0.2, -0.15) is 18.2 Å². The maximum Gasteiger partial charge on any atom is 0.416 e. The molecule has 2 aromatic rings. The highest BCUT2D eigenvalue weighted by atomic mass is 19.4. The highest BCUT2D eigenvalue weighted by Gasteiger charge is 2.31. The summed E-state index contributed by atoms with van der Waals surface area (Å²) in [5, 5.41) is 9.44. The van der Waals surface area contributed by atoms with Crippen LogP contribution in [0.2, 0.25) is 0 Å². The fourth-order valence-electron chi connectivity index (χ4n) is 2.10. The molecule has 9 heteroatoms. The molecule has 1 heterocycles. The molecular weight excluding hydrogens is 353 g/mol. The van der Waals surface area contributed by atoms with E-state index in [1.807, 2.05) is 0 Å². The Morgan fingerprint density at radius 1 is 1.27 bits per heavy atom. The van der Waals surface area contributed by atoms with Gasteiger partial charge >= 0.3 is 12.1 Å². The Morgan fingerprint density at radius 3 is 2.54 bits per heavy atom. The minimum atomic E-state index is -4.54. The van der Waals surface area contributed by atoms with Crippen LogP contribution in [-0.2, 0) is 15.7 Å². The number of aromatic nitrogens is 2. The molecule has 0 aliphatic rings. The first-order chi connectivity index (χ1) is 12.1. The van der Waals surface area contributed by atoms with Crippen LogP contribution in [0, 0.1) is 6.92 Å². The molecule has 1 N–H and O–H groups in total. The van der Waals surface area contributed by atoms with E-state index in [9.17, 15) is 23.1 Å². The zero-order valence-corrected chi connectivity index (χ0v) is 14.1. The van der Waals surface area contributed by atoms with Crippen LogP contribution in [0.1, 0.15) is 23.9 Å². The van der Waals surface area contributed by atoms with E-state index < -0.39 is 17.7 Å². The molecule has 6 nitrogen and oxygen atoms in total. The van der Waals surface area contributed by atoms with Crippen LogP contribution in [-0.4, -0.2) is 28.2 Å². The number of hydrogen-bond acceptors (Lipinski definition) is 5. The smallest absolute Gasteiger partial charge is 0.416 e. The molecule has 1 aromatic carbocycles. The third-order valence-corrected chi connectivity index (χ3v) is 3.39. The summed E-state index contributed by atoms with van der Waals surface area (Å²) in [5.41, 5.74) is -1.17. The number of aliphatic carboxylic acids is 1. The van der Waals surface area contributed by atoms with E-state index in [-0.39, 0.29) is 34.3 Å². The molecule has 0 saturated heterocycles. The molecular formula is C17H15F3N2O4. The fraction of sp³-hybridized carbons (Fsp3) is 0.235. The van der Waals surface area contributed by atoms with Crippen molar-refractivity contribution in [2.24, 2.45) is 0 Å². The Bertz CT molecular complexity index is 863. The van der Waals surface area contributed by atoms with Gasteiger partial charge in [0.05, 0.1) is 18.2 Å². The summed E-state index contributed by atoms with van der Waals surface area (Å²) >= 11 is 0. The largest absolute Gasteiger partial charge is 0.500 e. The maximum atomic E-state index is 12.9. The van der Waals surface area contributed by atoms with E-state index in [0.29, 0.717) is 0 Å². The van der Waals surface area contributed by atoms with Crippen LogP contribution in [0.3, 0.4) is 0 Å². The number of hydrogen-bond donors (Lipinski definition) is 1. The number of benzene rings is 1.